The monoisotopic (exact) mass is 450 g/mol. The molecule has 0 radical (unpaired) electrons. The SMILES string of the molecule is O=C(CN1CCN(c2ccccc2F)C1=O)N1CCN(c2ccc(Cl)c(Cl)c2)CC1. The number of benzene rings is 2. The van der Waals surface area contributed by atoms with Crippen molar-refractivity contribution in [2.24, 2.45) is 0 Å². The molecule has 0 aromatic heterocycles. The number of rotatable bonds is 4. The molecule has 0 unspecified atom stereocenters. The van der Waals surface area contributed by atoms with Gasteiger partial charge in [0, 0.05) is 45.0 Å². The van der Waals surface area contributed by atoms with Crippen LogP contribution < -0.4 is 9.80 Å². The Morgan fingerprint density at radius 3 is 2.37 bits per heavy atom. The fraction of sp³-hybridized carbons (Fsp3) is 0.333. The van der Waals surface area contributed by atoms with Crippen molar-refractivity contribution in [2.75, 3.05) is 55.6 Å². The van der Waals surface area contributed by atoms with Crippen LogP contribution in [-0.2, 0) is 4.79 Å². The van der Waals surface area contributed by atoms with Crippen LogP contribution in [0, 0.1) is 5.82 Å². The first-order valence-corrected chi connectivity index (χ1v) is 10.5. The Kier molecular flexibility index (Phi) is 6.01. The van der Waals surface area contributed by atoms with Gasteiger partial charge in [-0.25, -0.2) is 9.18 Å². The Morgan fingerprint density at radius 1 is 0.933 bits per heavy atom. The van der Waals surface area contributed by atoms with E-state index in [1.807, 2.05) is 12.1 Å². The van der Waals surface area contributed by atoms with Crippen molar-refractivity contribution in [3.63, 3.8) is 0 Å². The number of halogens is 3. The molecule has 0 saturated carbocycles. The van der Waals surface area contributed by atoms with Gasteiger partial charge in [0.25, 0.3) is 0 Å². The molecule has 2 aromatic rings. The van der Waals surface area contributed by atoms with Gasteiger partial charge in [-0.1, -0.05) is 35.3 Å². The van der Waals surface area contributed by atoms with Crippen molar-refractivity contribution < 1.29 is 14.0 Å². The molecule has 4 rings (SSSR count). The second kappa shape index (κ2) is 8.70. The molecule has 2 aromatic carbocycles. The molecule has 2 heterocycles. The van der Waals surface area contributed by atoms with E-state index in [-0.39, 0.29) is 24.2 Å². The molecular weight excluding hydrogens is 430 g/mol. The molecule has 2 saturated heterocycles. The number of piperazine rings is 1. The number of hydrogen-bond donors (Lipinski definition) is 0. The van der Waals surface area contributed by atoms with Crippen LogP contribution in [0.4, 0.5) is 20.6 Å². The molecule has 0 spiro atoms. The molecule has 2 aliphatic heterocycles. The van der Waals surface area contributed by atoms with Gasteiger partial charge < -0.3 is 14.7 Å². The first-order chi connectivity index (χ1) is 14.4. The molecule has 3 amide bonds. The molecule has 9 heteroatoms. The molecule has 2 fully saturated rings. The molecule has 0 atom stereocenters. The summed E-state index contributed by atoms with van der Waals surface area (Å²) >= 11 is 12.1. The van der Waals surface area contributed by atoms with E-state index in [1.54, 1.807) is 29.2 Å². The summed E-state index contributed by atoms with van der Waals surface area (Å²) in [4.78, 5) is 32.1. The lowest BCUT2D eigenvalue weighted by Gasteiger charge is -2.36. The minimum atomic E-state index is -0.447. The van der Waals surface area contributed by atoms with E-state index >= 15 is 0 Å². The van der Waals surface area contributed by atoms with Crippen molar-refractivity contribution in [2.45, 2.75) is 0 Å². The summed E-state index contributed by atoms with van der Waals surface area (Å²) in [6.45, 7) is 3.19. The maximum atomic E-state index is 14.0. The smallest absolute Gasteiger partial charge is 0.325 e. The average molecular weight is 451 g/mol. The highest BCUT2D eigenvalue weighted by Crippen LogP contribution is 2.28. The molecule has 158 valence electrons. The molecule has 6 nitrogen and oxygen atoms in total. The first-order valence-electron chi connectivity index (χ1n) is 9.73. The average Bonchev–Trinajstić information content (AvgIpc) is 3.10. The van der Waals surface area contributed by atoms with Crippen LogP contribution in [-0.4, -0.2) is 67.6 Å². The maximum absolute atomic E-state index is 14.0. The number of para-hydroxylation sites is 1. The third kappa shape index (κ3) is 4.18. The number of carbonyl (C=O) groups is 2. The van der Waals surface area contributed by atoms with E-state index in [9.17, 15) is 14.0 Å². The highest BCUT2D eigenvalue weighted by molar-refractivity contribution is 6.42. The number of amides is 3. The van der Waals surface area contributed by atoms with Crippen LogP contribution in [0.25, 0.3) is 0 Å². The largest absolute Gasteiger partial charge is 0.368 e. The molecule has 0 bridgehead atoms. The van der Waals surface area contributed by atoms with Gasteiger partial charge >= 0.3 is 6.03 Å². The van der Waals surface area contributed by atoms with Crippen molar-refractivity contribution in [1.82, 2.24) is 9.80 Å². The summed E-state index contributed by atoms with van der Waals surface area (Å²) in [5.74, 6) is -0.551. The Labute approximate surface area is 184 Å². The number of anilines is 2. The molecule has 30 heavy (non-hydrogen) atoms. The normalized spacial score (nSPS) is 17.1. The van der Waals surface area contributed by atoms with Gasteiger partial charge in [0.05, 0.1) is 15.7 Å². The lowest BCUT2D eigenvalue weighted by molar-refractivity contribution is -0.131. The minimum Gasteiger partial charge on any atom is -0.368 e. The maximum Gasteiger partial charge on any atom is 0.325 e. The van der Waals surface area contributed by atoms with E-state index in [0.717, 1.165) is 5.69 Å². The Hall–Kier alpha value is -2.51. The van der Waals surface area contributed by atoms with Gasteiger partial charge in [-0.15, -0.1) is 0 Å². The van der Waals surface area contributed by atoms with Crippen LogP contribution in [0.15, 0.2) is 42.5 Å². The second-order valence-corrected chi connectivity index (χ2v) is 8.09. The Morgan fingerprint density at radius 2 is 1.67 bits per heavy atom. The zero-order valence-electron chi connectivity index (χ0n) is 16.2. The Bertz CT molecular complexity index is 966. The van der Waals surface area contributed by atoms with E-state index in [0.29, 0.717) is 49.3 Å². The van der Waals surface area contributed by atoms with E-state index in [1.165, 1.54) is 15.9 Å². The predicted octanol–water partition coefficient (Wildman–Crippen LogP) is 3.72. The third-order valence-corrected chi connectivity index (χ3v) is 6.20. The fourth-order valence-corrected chi connectivity index (χ4v) is 4.07. The number of hydrogen-bond acceptors (Lipinski definition) is 3. The minimum absolute atomic E-state index is 0.00341. The third-order valence-electron chi connectivity index (χ3n) is 5.47. The number of carbonyl (C=O) groups excluding carboxylic acids is 2. The van der Waals surface area contributed by atoms with Gasteiger partial charge in [0.1, 0.15) is 12.4 Å². The summed E-state index contributed by atoms with van der Waals surface area (Å²) in [5.41, 5.74) is 1.21. The van der Waals surface area contributed by atoms with Crippen molar-refractivity contribution in [1.29, 1.82) is 0 Å². The summed E-state index contributed by atoms with van der Waals surface area (Å²) in [5, 5.41) is 1.01. The fourth-order valence-electron chi connectivity index (χ4n) is 3.78. The predicted molar refractivity (Wildman–Crippen MR) is 116 cm³/mol. The van der Waals surface area contributed by atoms with Crippen LogP contribution in [0.3, 0.4) is 0 Å². The van der Waals surface area contributed by atoms with Gasteiger partial charge in [-0.2, -0.15) is 0 Å². The van der Waals surface area contributed by atoms with Crippen molar-refractivity contribution in [3.05, 3.63) is 58.3 Å². The highest BCUT2D eigenvalue weighted by atomic mass is 35.5. The van der Waals surface area contributed by atoms with Crippen molar-refractivity contribution in [3.8, 4) is 0 Å². The van der Waals surface area contributed by atoms with E-state index in [2.05, 4.69) is 4.90 Å². The van der Waals surface area contributed by atoms with Gasteiger partial charge in [0.15, 0.2) is 0 Å². The quantitative estimate of drug-likeness (QED) is 0.712. The lowest BCUT2D eigenvalue weighted by atomic mass is 10.2. The summed E-state index contributed by atoms with van der Waals surface area (Å²) in [7, 11) is 0. The molecule has 2 aliphatic rings. The van der Waals surface area contributed by atoms with Gasteiger partial charge in [0.2, 0.25) is 5.91 Å². The summed E-state index contributed by atoms with van der Waals surface area (Å²) in [6, 6.07) is 11.3. The van der Waals surface area contributed by atoms with Crippen LogP contribution in [0.2, 0.25) is 10.0 Å². The van der Waals surface area contributed by atoms with Gasteiger partial charge in [-0.3, -0.25) is 9.69 Å². The summed E-state index contributed by atoms with van der Waals surface area (Å²) in [6.07, 6.45) is 0. The number of nitrogens with zero attached hydrogens (tertiary/aromatic N) is 4. The van der Waals surface area contributed by atoms with E-state index < -0.39 is 5.82 Å². The topological polar surface area (TPSA) is 47.1 Å². The van der Waals surface area contributed by atoms with Gasteiger partial charge in [-0.05, 0) is 30.3 Å². The molecule has 0 N–H and O–H groups in total. The van der Waals surface area contributed by atoms with Crippen LogP contribution in [0.1, 0.15) is 0 Å². The molecule has 0 aliphatic carbocycles. The lowest BCUT2D eigenvalue weighted by Crippen LogP contribution is -2.51. The second-order valence-electron chi connectivity index (χ2n) is 7.27. The molecular formula is C21H21Cl2FN4O2. The van der Waals surface area contributed by atoms with Crippen molar-refractivity contribution >= 4 is 46.5 Å². The summed E-state index contributed by atoms with van der Waals surface area (Å²) < 4.78 is 14.0. The zero-order valence-corrected chi connectivity index (χ0v) is 17.7. The van der Waals surface area contributed by atoms with E-state index in [4.69, 9.17) is 23.2 Å². The van der Waals surface area contributed by atoms with Crippen LogP contribution >= 0.6 is 23.2 Å². The standard InChI is InChI=1S/C21H21Cl2FN4O2/c22-16-6-5-15(13-17(16)23)25-7-9-26(10-8-25)20(29)14-27-11-12-28(21(27)30)19-4-2-1-3-18(19)24/h1-6,13H,7-12,14H2. The van der Waals surface area contributed by atoms with Crippen LogP contribution in [0.5, 0.6) is 0 Å². The number of urea groups is 1. The highest BCUT2D eigenvalue weighted by Gasteiger charge is 2.33. The zero-order chi connectivity index (χ0) is 21.3. The Balaban J connectivity index is 1.32. The first kappa shape index (κ1) is 20.8.